The van der Waals surface area contributed by atoms with E-state index in [2.05, 4.69) is 10.3 Å². The Hall–Kier alpha value is -0.660. The summed E-state index contributed by atoms with van der Waals surface area (Å²) in [7, 11) is 0. The highest BCUT2D eigenvalue weighted by Gasteiger charge is 2.37. The number of halogens is 3. The number of thiazole rings is 1. The zero-order valence-electron chi connectivity index (χ0n) is 11.3. The third kappa shape index (κ3) is 5.46. The van der Waals surface area contributed by atoms with E-state index in [1.54, 1.807) is 0 Å². The van der Waals surface area contributed by atoms with E-state index < -0.39 is 11.9 Å². The average molecular weight is 296 g/mol. The summed E-state index contributed by atoms with van der Waals surface area (Å²) >= 11 is 1.06. The highest BCUT2D eigenvalue weighted by molar-refractivity contribution is 7.11. The first-order chi connectivity index (χ1) is 8.84. The van der Waals surface area contributed by atoms with Gasteiger partial charge in [-0.25, -0.2) is 4.98 Å². The maximum atomic E-state index is 12.9. The summed E-state index contributed by atoms with van der Waals surface area (Å²) in [4.78, 5) is 3.88. The van der Waals surface area contributed by atoms with Gasteiger partial charge in [-0.15, -0.1) is 11.3 Å². The Morgan fingerprint density at radius 1 is 1.37 bits per heavy atom. The number of ether oxygens (including phenoxy) is 1. The van der Waals surface area contributed by atoms with Crippen molar-refractivity contribution in [1.29, 1.82) is 0 Å². The molecule has 1 heterocycles. The van der Waals surface area contributed by atoms with Crippen LogP contribution in [0.5, 0.6) is 0 Å². The minimum atomic E-state index is -4.41. The molecule has 0 atom stereocenters. The molecule has 0 spiro atoms. The van der Waals surface area contributed by atoms with Gasteiger partial charge in [-0.3, -0.25) is 0 Å². The molecule has 0 radical (unpaired) electrons. The summed E-state index contributed by atoms with van der Waals surface area (Å²) in [5.74, 6) is 0. The first-order valence-corrected chi connectivity index (χ1v) is 7.03. The zero-order chi connectivity index (χ0) is 14.5. The predicted molar refractivity (Wildman–Crippen MR) is 69.0 cm³/mol. The molecule has 0 bridgehead atoms. The van der Waals surface area contributed by atoms with Crippen LogP contribution in [0.4, 0.5) is 13.2 Å². The lowest BCUT2D eigenvalue weighted by Gasteiger charge is -2.09. The summed E-state index contributed by atoms with van der Waals surface area (Å²) < 4.78 is 43.8. The van der Waals surface area contributed by atoms with Crippen molar-refractivity contribution in [3.05, 3.63) is 15.6 Å². The second kappa shape index (κ2) is 7.21. The largest absolute Gasteiger partial charge is 0.434 e. The van der Waals surface area contributed by atoms with Gasteiger partial charge in [-0.1, -0.05) is 20.8 Å². The van der Waals surface area contributed by atoms with Crippen LogP contribution in [0.1, 0.15) is 42.8 Å². The van der Waals surface area contributed by atoms with Gasteiger partial charge in [0, 0.05) is 19.2 Å². The molecule has 0 aliphatic heterocycles. The van der Waals surface area contributed by atoms with Crippen molar-refractivity contribution >= 4 is 11.3 Å². The molecule has 7 heteroatoms. The van der Waals surface area contributed by atoms with Crippen molar-refractivity contribution in [3.8, 4) is 0 Å². The fourth-order valence-corrected chi connectivity index (χ4v) is 2.38. The normalized spacial score (nSPS) is 12.4. The van der Waals surface area contributed by atoms with Crippen LogP contribution in [0.3, 0.4) is 0 Å². The van der Waals surface area contributed by atoms with Gasteiger partial charge in [0.15, 0.2) is 5.69 Å². The third-order valence-electron chi connectivity index (χ3n) is 2.26. The highest BCUT2D eigenvalue weighted by Crippen LogP contribution is 2.34. The second-order valence-corrected chi connectivity index (χ2v) is 5.63. The summed E-state index contributed by atoms with van der Waals surface area (Å²) in [5, 5.41) is 3.36. The number of alkyl halides is 3. The molecule has 0 fully saturated rings. The standard InChI is InChI=1S/C12H19F3N2OS/c1-4-5-18-7-10-17-11(12(13,14)15)9(19-10)6-16-8(2)3/h8,16H,4-7H2,1-3H3. The summed E-state index contributed by atoms with van der Waals surface area (Å²) in [6, 6.07) is 0.128. The number of rotatable bonds is 7. The Balaban J connectivity index is 2.80. The van der Waals surface area contributed by atoms with Crippen LogP contribution in [-0.2, 0) is 24.1 Å². The maximum Gasteiger partial charge on any atom is 0.434 e. The molecule has 19 heavy (non-hydrogen) atoms. The molecule has 0 aromatic carbocycles. The van der Waals surface area contributed by atoms with Crippen molar-refractivity contribution in [3.63, 3.8) is 0 Å². The molecule has 0 saturated carbocycles. The number of nitrogens with zero attached hydrogens (tertiary/aromatic N) is 1. The van der Waals surface area contributed by atoms with Gasteiger partial charge in [0.05, 0.1) is 11.5 Å². The molecule has 1 rings (SSSR count). The summed E-state index contributed by atoms with van der Waals surface area (Å²) in [6.07, 6.45) is -3.58. The third-order valence-corrected chi connectivity index (χ3v) is 3.28. The molecule has 0 aliphatic carbocycles. The van der Waals surface area contributed by atoms with Crippen molar-refractivity contribution < 1.29 is 17.9 Å². The smallest absolute Gasteiger partial charge is 0.374 e. The van der Waals surface area contributed by atoms with Gasteiger partial charge in [0.2, 0.25) is 0 Å². The lowest BCUT2D eigenvalue weighted by atomic mass is 10.3. The molecular weight excluding hydrogens is 277 g/mol. The fourth-order valence-electron chi connectivity index (χ4n) is 1.40. The highest BCUT2D eigenvalue weighted by atomic mass is 32.1. The maximum absolute atomic E-state index is 12.9. The van der Waals surface area contributed by atoms with E-state index in [9.17, 15) is 13.2 Å². The molecule has 1 aromatic rings. The molecular formula is C12H19F3N2OS. The molecule has 0 saturated heterocycles. The van der Waals surface area contributed by atoms with Gasteiger partial charge in [-0.05, 0) is 6.42 Å². The molecule has 0 aliphatic rings. The molecule has 3 nitrogen and oxygen atoms in total. The van der Waals surface area contributed by atoms with Crippen molar-refractivity contribution in [1.82, 2.24) is 10.3 Å². The van der Waals surface area contributed by atoms with Crippen LogP contribution in [0, 0.1) is 0 Å². The monoisotopic (exact) mass is 296 g/mol. The first-order valence-electron chi connectivity index (χ1n) is 6.21. The van der Waals surface area contributed by atoms with Crippen LogP contribution >= 0.6 is 11.3 Å². The summed E-state index contributed by atoms with van der Waals surface area (Å²) in [6.45, 7) is 6.57. The van der Waals surface area contributed by atoms with E-state index in [1.807, 2.05) is 20.8 Å². The van der Waals surface area contributed by atoms with Gasteiger partial charge in [0.25, 0.3) is 0 Å². The fraction of sp³-hybridized carbons (Fsp3) is 0.750. The van der Waals surface area contributed by atoms with Crippen molar-refractivity contribution in [2.24, 2.45) is 0 Å². The average Bonchev–Trinajstić information content (AvgIpc) is 2.70. The SMILES string of the molecule is CCCOCc1nc(C(F)(F)F)c(CNC(C)C)s1. The Kier molecular flexibility index (Phi) is 6.22. The molecule has 0 unspecified atom stereocenters. The van der Waals surface area contributed by atoms with E-state index in [0.29, 0.717) is 11.6 Å². The zero-order valence-corrected chi connectivity index (χ0v) is 12.1. The minimum absolute atomic E-state index is 0.128. The van der Waals surface area contributed by atoms with Crippen LogP contribution in [0.2, 0.25) is 0 Å². The van der Waals surface area contributed by atoms with E-state index in [4.69, 9.17) is 4.74 Å². The van der Waals surface area contributed by atoms with Crippen LogP contribution in [0.15, 0.2) is 0 Å². The van der Waals surface area contributed by atoms with Crippen LogP contribution in [-0.4, -0.2) is 17.6 Å². The Bertz CT molecular complexity index is 391. The summed E-state index contributed by atoms with van der Waals surface area (Å²) in [5.41, 5.74) is -0.791. The lowest BCUT2D eigenvalue weighted by Crippen LogP contribution is -2.23. The molecule has 0 amide bonds. The second-order valence-electron chi connectivity index (χ2n) is 4.47. The predicted octanol–water partition coefficient (Wildman–Crippen LogP) is 3.59. The van der Waals surface area contributed by atoms with E-state index in [-0.39, 0.29) is 24.1 Å². The topological polar surface area (TPSA) is 34.1 Å². The first kappa shape index (κ1) is 16.4. The van der Waals surface area contributed by atoms with Crippen LogP contribution < -0.4 is 5.32 Å². The van der Waals surface area contributed by atoms with E-state index in [0.717, 1.165) is 17.8 Å². The quantitative estimate of drug-likeness (QED) is 0.781. The molecule has 110 valence electrons. The lowest BCUT2D eigenvalue weighted by molar-refractivity contribution is -0.141. The Labute approximate surface area is 115 Å². The van der Waals surface area contributed by atoms with Gasteiger partial charge >= 0.3 is 6.18 Å². The Morgan fingerprint density at radius 2 is 2.05 bits per heavy atom. The molecule has 1 aromatic heterocycles. The van der Waals surface area contributed by atoms with Gasteiger partial charge in [-0.2, -0.15) is 13.2 Å². The number of nitrogens with one attached hydrogen (secondary N) is 1. The van der Waals surface area contributed by atoms with Crippen molar-refractivity contribution in [2.75, 3.05) is 6.61 Å². The number of aromatic nitrogens is 1. The Morgan fingerprint density at radius 3 is 2.58 bits per heavy atom. The van der Waals surface area contributed by atoms with Gasteiger partial charge < -0.3 is 10.1 Å². The number of hydrogen-bond acceptors (Lipinski definition) is 4. The number of hydrogen-bond donors (Lipinski definition) is 1. The van der Waals surface area contributed by atoms with Gasteiger partial charge in [0.1, 0.15) is 5.01 Å². The van der Waals surface area contributed by atoms with E-state index in [1.165, 1.54) is 0 Å². The van der Waals surface area contributed by atoms with E-state index >= 15 is 0 Å². The molecule has 1 N–H and O–H groups in total. The minimum Gasteiger partial charge on any atom is -0.374 e. The van der Waals surface area contributed by atoms with Crippen LogP contribution in [0.25, 0.3) is 0 Å². The van der Waals surface area contributed by atoms with Crippen molar-refractivity contribution in [2.45, 2.75) is 52.6 Å².